The average molecular weight is 544 g/mol. The Kier molecular flexibility index (Phi) is 7.26. The number of carbonyl (C=O) groups excluding carboxylic acids is 1. The Labute approximate surface area is 232 Å². The molecule has 0 bridgehead atoms. The predicted octanol–water partition coefficient (Wildman–Crippen LogP) is 5.84. The lowest BCUT2D eigenvalue weighted by Gasteiger charge is -2.27. The number of aliphatic imine (C=N–C) groups is 1. The van der Waals surface area contributed by atoms with Crippen LogP contribution in [-0.2, 0) is 11.2 Å². The molecule has 5 rings (SSSR count). The number of amides is 1. The summed E-state index contributed by atoms with van der Waals surface area (Å²) in [7, 11) is 3.86. The van der Waals surface area contributed by atoms with Gasteiger partial charge in [-0.1, -0.05) is 42.8 Å². The molecule has 1 aliphatic rings. The molecule has 3 N–H and O–H groups in total. The van der Waals surface area contributed by atoms with E-state index in [9.17, 15) is 4.79 Å². The number of hydrogen-bond acceptors (Lipinski definition) is 8. The maximum atomic E-state index is 13.6. The molecule has 2 aromatic carbocycles. The first-order valence-corrected chi connectivity index (χ1v) is 13.0. The fraction of sp³-hybridized carbons (Fsp3) is 0.241. The normalized spacial score (nSPS) is 15.1. The third-order valence-electron chi connectivity index (χ3n) is 6.54. The van der Waals surface area contributed by atoms with Crippen LogP contribution in [0.1, 0.15) is 36.6 Å². The number of guanidine groups is 1. The molecule has 1 unspecified atom stereocenters. The molecule has 200 valence electrons. The molecule has 4 aromatic rings. The van der Waals surface area contributed by atoms with E-state index in [0.29, 0.717) is 39.6 Å². The average Bonchev–Trinajstić information content (AvgIpc) is 3.31. The minimum atomic E-state index is -0.686. The smallest absolute Gasteiger partial charge is 0.302 e. The monoisotopic (exact) mass is 543 g/mol. The summed E-state index contributed by atoms with van der Waals surface area (Å²) in [5, 5.41) is 9.79. The van der Waals surface area contributed by atoms with Gasteiger partial charge < -0.3 is 20.0 Å². The lowest BCUT2D eigenvalue weighted by molar-refractivity contribution is -0.113. The Morgan fingerprint density at radius 3 is 2.72 bits per heavy atom. The van der Waals surface area contributed by atoms with E-state index < -0.39 is 6.04 Å². The van der Waals surface area contributed by atoms with Crippen LogP contribution in [0, 0.1) is 6.92 Å². The summed E-state index contributed by atoms with van der Waals surface area (Å²) < 4.78 is 6.02. The maximum Gasteiger partial charge on any atom is 0.302 e. The molecule has 10 heteroatoms. The van der Waals surface area contributed by atoms with E-state index in [1.165, 1.54) is 0 Å². The molecular weight excluding hydrogens is 514 g/mol. The van der Waals surface area contributed by atoms with Crippen LogP contribution in [0.5, 0.6) is 0 Å². The lowest BCUT2D eigenvalue weighted by atomic mass is 9.95. The van der Waals surface area contributed by atoms with Gasteiger partial charge in [0.1, 0.15) is 17.4 Å². The zero-order valence-electron chi connectivity index (χ0n) is 22.5. The van der Waals surface area contributed by atoms with Crippen molar-refractivity contribution in [2.24, 2.45) is 4.99 Å². The number of halogens is 1. The molecule has 0 aliphatic carbocycles. The Balaban J connectivity index is 1.50. The Hall–Kier alpha value is -4.37. The van der Waals surface area contributed by atoms with E-state index >= 15 is 0 Å². The maximum absolute atomic E-state index is 13.6. The van der Waals surface area contributed by atoms with Gasteiger partial charge in [0.2, 0.25) is 5.96 Å². The summed E-state index contributed by atoms with van der Waals surface area (Å²) >= 11 is 6.68. The van der Waals surface area contributed by atoms with Gasteiger partial charge in [0.15, 0.2) is 5.58 Å². The number of rotatable bonds is 6. The number of hydrogen-bond donors (Lipinski definition) is 3. The third-order valence-corrected chi connectivity index (χ3v) is 6.87. The molecular formula is C29H30ClN7O2. The fourth-order valence-electron chi connectivity index (χ4n) is 4.50. The number of nitrogens with zero attached hydrogens (tertiary/aromatic N) is 4. The van der Waals surface area contributed by atoms with Crippen LogP contribution in [-0.4, -0.2) is 35.9 Å². The van der Waals surface area contributed by atoms with Crippen LogP contribution in [0.15, 0.2) is 75.4 Å². The molecule has 0 radical (unpaired) electrons. The van der Waals surface area contributed by atoms with Gasteiger partial charge >= 0.3 is 6.01 Å². The minimum Gasteiger partial charge on any atom is -0.423 e. The molecule has 1 amide bonds. The molecule has 9 nitrogen and oxygen atoms in total. The van der Waals surface area contributed by atoms with Crippen LogP contribution in [0.25, 0.3) is 11.1 Å². The van der Waals surface area contributed by atoms with E-state index in [-0.39, 0.29) is 5.91 Å². The molecule has 0 spiro atoms. The van der Waals surface area contributed by atoms with Crippen molar-refractivity contribution in [2.75, 3.05) is 29.6 Å². The molecule has 2 aromatic heterocycles. The van der Waals surface area contributed by atoms with Crippen LogP contribution in [0.4, 0.5) is 17.5 Å². The number of aryl methyl sites for hydroxylation is 2. The standard InChI is InChI=1S/C29H30ClN7O2/c1-6-18-8-7-9-22-26(18)39-29(33-22)36-28-32-17(3)24(25(35-28)20-11-10-16(2)14-21(20)30)27(38)34-23-15-19(37(4)5)12-13-31-23/h7-15,25H,6H2,1-5H3,(H,31,34,38)(H2,32,33,35,36). The van der Waals surface area contributed by atoms with Crippen molar-refractivity contribution in [1.82, 2.24) is 15.3 Å². The number of oxazole rings is 1. The molecule has 0 saturated carbocycles. The zero-order chi connectivity index (χ0) is 27.7. The van der Waals surface area contributed by atoms with Gasteiger partial charge in [0.05, 0.1) is 5.57 Å². The summed E-state index contributed by atoms with van der Waals surface area (Å²) in [5.74, 6) is 0.497. The van der Waals surface area contributed by atoms with E-state index in [1.54, 1.807) is 6.20 Å². The minimum absolute atomic E-state index is 0.302. The van der Waals surface area contributed by atoms with Gasteiger partial charge in [0.25, 0.3) is 5.91 Å². The quantitative estimate of drug-likeness (QED) is 0.280. The number of carbonyl (C=O) groups is 1. The van der Waals surface area contributed by atoms with E-state index in [0.717, 1.165) is 34.3 Å². The molecule has 0 fully saturated rings. The van der Waals surface area contributed by atoms with Crippen LogP contribution in [0.3, 0.4) is 0 Å². The van der Waals surface area contributed by atoms with Crippen LogP contribution in [0.2, 0.25) is 5.02 Å². The lowest BCUT2D eigenvalue weighted by Crippen LogP contribution is -2.37. The highest BCUT2D eigenvalue weighted by molar-refractivity contribution is 6.31. The summed E-state index contributed by atoms with van der Waals surface area (Å²) in [6.45, 7) is 5.86. The van der Waals surface area contributed by atoms with Crippen molar-refractivity contribution in [2.45, 2.75) is 33.2 Å². The van der Waals surface area contributed by atoms with E-state index in [2.05, 4.69) is 32.8 Å². The van der Waals surface area contributed by atoms with E-state index in [1.807, 2.05) is 81.4 Å². The van der Waals surface area contributed by atoms with Gasteiger partial charge in [-0.3, -0.25) is 10.1 Å². The van der Waals surface area contributed by atoms with Gasteiger partial charge in [-0.05, 0) is 49.6 Å². The predicted molar refractivity (Wildman–Crippen MR) is 156 cm³/mol. The highest BCUT2D eigenvalue weighted by atomic mass is 35.5. The summed E-state index contributed by atoms with van der Waals surface area (Å²) in [6, 6.07) is 14.9. The second-order valence-corrected chi connectivity index (χ2v) is 9.99. The van der Waals surface area contributed by atoms with Crippen LogP contribution >= 0.6 is 11.6 Å². The summed E-state index contributed by atoms with van der Waals surface area (Å²) in [6.07, 6.45) is 2.48. The number of anilines is 3. The fourth-order valence-corrected chi connectivity index (χ4v) is 4.84. The zero-order valence-corrected chi connectivity index (χ0v) is 23.2. The Morgan fingerprint density at radius 1 is 1.15 bits per heavy atom. The second-order valence-electron chi connectivity index (χ2n) is 9.58. The Bertz CT molecular complexity index is 1620. The van der Waals surface area contributed by atoms with E-state index in [4.69, 9.17) is 21.0 Å². The number of nitrogens with one attached hydrogen (secondary N) is 3. The molecule has 1 aliphatic heterocycles. The van der Waals surface area contributed by atoms with Gasteiger partial charge in [0, 0.05) is 48.3 Å². The van der Waals surface area contributed by atoms with Crippen molar-refractivity contribution in [3.05, 3.63) is 87.7 Å². The van der Waals surface area contributed by atoms with Crippen molar-refractivity contribution < 1.29 is 9.21 Å². The highest BCUT2D eigenvalue weighted by Crippen LogP contribution is 2.36. The number of fused-ring (bicyclic) bond motifs is 1. The molecule has 1 atom stereocenters. The first kappa shape index (κ1) is 26.2. The largest absolute Gasteiger partial charge is 0.423 e. The summed E-state index contributed by atoms with van der Waals surface area (Å²) in [4.78, 5) is 29.3. The van der Waals surface area contributed by atoms with Crippen molar-refractivity contribution in [3.8, 4) is 0 Å². The third kappa shape index (κ3) is 5.44. The number of aromatic nitrogens is 2. The van der Waals surface area contributed by atoms with Crippen molar-refractivity contribution in [1.29, 1.82) is 0 Å². The number of allylic oxidation sites excluding steroid dienone is 1. The SMILES string of the molecule is CCc1cccc2nc(NC3=NC(c4ccc(C)cc4Cl)C(C(=O)Nc4cc(N(C)C)ccn4)=C(C)N3)oc12. The molecule has 0 saturated heterocycles. The van der Waals surface area contributed by atoms with Gasteiger partial charge in [-0.15, -0.1) is 0 Å². The topological polar surface area (TPSA) is 108 Å². The number of para-hydroxylation sites is 1. The Morgan fingerprint density at radius 2 is 1.97 bits per heavy atom. The highest BCUT2D eigenvalue weighted by Gasteiger charge is 2.31. The van der Waals surface area contributed by atoms with Gasteiger partial charge in [-0.25, -0.2) is 9.98 Å². The van der Waals surface area contributed by atoms with Crippen molar-refractivity contribution >= 4 is 52.1 Å². The second kappa shape index (κ2) is 10.8. The first-order chi connectivity index (χ1) is 18.7. The van der Waals surface area contributed by atoms with Crippen molar-refractivity contribution in [3.63, 3.8) is 0 Å². The molecule has 39 heavy (non-hydrogen) atoms. The number of pyridine rings is 1. The number of benzene rings is 2. The first-order valence-electron chi connectivity index (χ1n) is 12.6. The molecule has 3 heterocycles. The summed E-state index contributed by atoms with van der Waals surface area (Å²) in [5.41, 5.74) is 6.22. The van der Waals surface area contributed by atoms with Gasteiger partial charge in [-0.2, -0.15) is 4.98 Å². The van der Waals surface area contributed by atoms with Crippen LogP contribution < -0.4 is 20.9 Å².